The van der Waals surface area contributed by atoms with Gasteiger partial charge >= 0.3 is 11.6 Å². The van der Waals surface area contributed by atoms with Crippen LogP contribution in [0, 0.1) is 0 Å². The molecule has 0 radical (unpaired) electrons. The number of allylic oxidation sites excluding steroid dienone is 5. The summed E-state index contributed by atoms with van der Waals surface area (Å²) in [5.41, 5.74) is 2.77. The third kappa shape index (κ3) is 2.82. The van der Waals surface area contributed by atoms with Crippen molar-refractivity contribution in [3.05, 3.63) is 124 Å². The van der Waals surface area contributed by atoms with Gasteiger partial charge in [-0.1, -0.05) is 72.8 Å². The lowest BCUT2D eigenvalue weighted by molar-refractivity contribution is -0.366. The van der Waals surface area contributed by atoms with E-state index < -0.39 is 11.6 Å². The Bertz CT molecular complexity index is 1310. The van der Waals surface area contributed by atoms with Crippen LogP contribution in [0.25, 0.3) is 16.9 Å². The summed E-state index contributed by atoms with van der Waals surface area (Å²) in [6.07, 6.45) is 9.08. The predicted octanol–water partition coefficient (Wildman–Crippen LogP) is 4.24. The molecular weight excluding hydrogens is 364 g/mol. The van der Waals surface area contributed by atoms with Gasteiger partial charge in [0.1, 0.15) is 5.76 Å². The SMILES string of the molecule is O=C1[O+]=C2C=CC=CC=C2/C1=C(/c1ccccc1)c1c2cccccc-2oc1=O. The Hall–Kier alpha value is -4.05. The van der Waals surface area contributed by atoms with E-state index in [0.717, 1.165) is 5.56 Å². The average molecular weight is 379 g/mol. The standard InChI is InChI=1S/C25H15O4/c26-24-22(17-12-6-2-8-14-19(17)28-24)21(16-10-4-1-5-11-16)23-18-13-7-3-9-15-20(18)29-25(23)27/h1-15H/q+1. The molecule has 0 amide bonds. The Labute approximate surface area is 166 Å². The first-order valence-corrected chi connectivity index (χ1v) is 9.21. The van der Waals surface area contributed by atoms with Crippen LogP contribution >= 0.6 is 0 Å². The van der Waals surface area contributed by atoms with E-state index in [4.69, 9.17) is 8.84 Å². The number of hydrogen-bond donors (Lipinski definition) is 0. The van der Waals surface area contributed by atoms with Crippen LogP contribution in [-0.4, -0.2) is 11.8 Å². The van der Waals surface area contributed by atoms with Gasteiger partial charge in [-0.05, 0) is 17.7 Å². The molecule has 2 heterocycles. The lowest BCUT2D eigenvalue weighted by Crippen LogP contribution is -2.09. The lowest BCUT2D eigenvalue weighted by Gasteiger charge is -2.08. The van der Waals surface area contributed by atoms with Crippen molar-refractivity contribution >= 4 is 17.3 Å². The normalized spacial score (nSPS) is 17.0. The van der Waals surface area contributed by atoms with E-state index in [1.54, 1.807) is 12.1 Å². The Morgan fingerprint density at radius 3 is 2.41 bits per heavy atom. The summed E-state index contributed by atoms with van der Waals surface area (Å²) in [7, 11) is 0. The van der Waals surface area contributed by atoms with Gasteiger partial charge in [-0.25, -0.2) is 4.79 Å². The monoisotopic (exact) mass is 379 g/mol. The number of benzene rings is 1. The van der Waals surface area contributed by atoms with E-state index in [1.807, 2.05) is 78.9 Å². The molecule has 2 aliphatic heterocycles. The maximum atomic E-state index is 12.9. The Morgan fingerprint density at radius 2 is 1.59 bits per heavy atom. The summed E-state index contributed by atoms with van der Waals surface area (Å²) in [6.45, 7) is 0. The van der Waals surface area contributed by atoms with Crippen LogP contribution in [0.5, 0.6) is 0 Å². The average Bonchev–Trinajstić information content (AvgIpc) is 2.99. The molecule has 0 saturated carbocycles. The van der Waals surface area contributed by atoms with Crippen LogP contribution in [0.1, 0.15) is 11.1 Å². The topological polar surface area (TPSA) is 58.6 Å². The summed E-state index contributed by atoms with van der Waals surface area (Å²) in [5, 5.41) is 0. The molecule has 0 atom stereocenters. The van der Waals surface area contributed by atoms with Gasteiger partial charge in [0, 0.05) is 17.2 Å². The molecule has 5 rings (SSSR count). The smallest absolute Gasteiger partial charge is 0.422 e. The van der Waals surface area contributed by atoms with Gasteiger partial charge in [-0.2, -0.15) is 0 Å². The number of carbonyl (C=O) groups excluding carboxylic acids is 2. The molecule has 1 aromatic rings. The summed E-state index contributed by atoms with van der Waals surface area (Å²) in [4.78, 5) is 25.9. The maximum absolute atomic E-state index is 12.9. The second-order valence-corrected chi connectivity index (χ2v) is 6.65. The molecule has 4 nitrogen and oxygen atoms in total. The zero-order valence-electron chi connectivity index (χ0n) is 15.3. The van der Waals surface area contributed by atoms with Crippen molar-refractivity contribution < 1.29 is 13.6 Å². The highest BCUT2D eigenvalue weighted by Gasteiger charge is 2.42. The summed E-state index contributed by atoms with van der Waals surface area (Å²) >= 11 is 0. The molecule has 29 heavy (non-hydrogen) atoms. The van der Waals surface area contributed by atoms with E-state index in [0.29, 0.717) is 39.4 Å². The molecule has 138 valence electrons. The highest BCUT2D eigenvalue weighted by Crippen LogP contribution is 2.38. The first kappa shape index (κ1) is 17.1. The molecule has 0 aromatic heterocycles. The summed E-state index contributed by atoms with van der Waals surface area (Å²) < 4.78 is 11.0. The number of carbonyl (C=O) groups is 1. The molecular formula is C25H15O4+. The van der Waals surface area contributed by atoms with Gasteiger partial charge in [0.2, 0.25) is 0 Å². The number of rotatable bonds is 2. The fourth-order valence-electron chi connectivity index (χ4n) is 3.67. The van der Waals surface area contributed by atoms with Crippen LogP contribution in [0.4, 0.5) is 0 Å². The van der Waals surface area contributed by atoms with E-state index >= 15 is 0 Å². The van der Waals surface area contributed by atoms with Gasteiger partial charge in [-0.3, -0.25) is 4.42 Å². The quantitative estimate of drug-likeness (QED) is 0.494. The predicted molar refractivity (Wildman–Crippen MR) is 110 cm³/mol. The molecule has 4 aliphatic rings. The Balaban J connectivity index is 1.89. The third-order valence-electron chi connectivity index (χ3n) is 4.91. The van der Waals surface area contributed by atoms with Crippen molar-refractivity contribution in [1.82, 2.24) is 0 Å². The lowest BCUT2D eigenvalue weighted by atomic mass is 9.87. The van der Waals surface area contributed by atoms with Crippen molar-refractivity contribution in [3.63, 3.8) is 0 Å². The van der Waals surface area contributed by atoms with Gasteiger partial charge in [0.15, 0.2) is 5.57 Å². The van der Waals surface area contributed by atoms with E-state index in [-0.39, 0.29) is 0 Å². The Morgan fingerprint density at radius 1 is 0.828 bits per heavy atom. The first-order chi connectivity index (χ1) is 14.2. The number of fused-ring (bicyclic) bond motifs is 2. The molecule has 0 unspecified atom stereocenters. The van der Waals surface area contributed by atoms with E-state index in [2.05, 4.69) is 0 Å². The molecule has 0 spiro atoms. The molecule has 0 fully saturated rings. The molecule has 4 heteroatoms. The minimum Gasteiger partial charge on any atom is -0.422 e. The number of ketones is 1. The second-order valence-electron chi connectivity index (χ2n) is 6.65. The van der Waals surface area contributed by atoms with Crippen molar-refractivity contribution in [2.75, 3.05) is 0 Å². The van der Waals surface area contributed by atoms with E-state index in [1.165, 1.54) is 0 Å². The zero-order valence-corrected chi connectivity index (χ0v) is 15.3. The van der Waals surface area contributed by atoms with Crippen LogP contribution in [0.3, 0.4) is 0 Å². The third-order valence-corrected chi connectivity index (χ3v) is 4.91. The molecule has 0 N–H and O–H groups in total. The largest absolute Gasteiger partial charge is 0.615 e. The fraction of sp³-hybridized carbons (Fsp3) is 0. The van der Waals surface area contributed by atoms with Crippen LogP contribution in [0.2, 0.25) is 0 Å². The van der Waals surface area contributed by atoms with Gasteiger partial charge in [-0.15, -0.1) is 0 Å². The molecule has 1 aromatic carbocycles. The number of furan rings is 1. The van der Waals surface area contributed by atoms with Crippen molar-refractivity contribution in [1.29, 1.82) is 0 Å². The molecule has 0 saturated heterocycles. The summed E-state index contributed by atoms with van der Waals surface area (Å²) in [5.74, 6) is 0.447. The van der Waals surface area contributed by atoms with Crippen molar-refractivity contribution in [2.45, 2.75) is 0 Å². The van der Waals surface area contributed by atoms with Crippen LogP contribution in [-0.2, 0) is 9.22 Å². The highest BCUT2D eigenvalue weighted by atomic mass is 16.5. The van der Waals surface area contributed by atoms with Gasteiger partial charge in [0.05, 0.1) is 15.9 Å². The summed E-state index contributed by atoms with van der Waals surface area (Å²) in [6, 6.07) is 18.5. The minimum absolute atomic E-state index is 0.355. The number of hydrogen-bond acceptors (Lipinski definition) is 3. The minimum atomic E-state index is -0.487. The van der Waals surface area contributed by atoms with Gasteiger partial charge < -0.3 is 4.42 Å². The second kappa shape index (κ2) is 6.84. The Kier molecular flexibility index (Phi) is 4.03. The zero-order chi connectivity index (χ0) is 19.8. The van der Waals surface area contributed by atoms with Crippen LogP contribution in [0.15, 0.2) is 111 Å². The maximum Gasteiger partial charge on any atom is 0.615 e. The van der Waals surface area contributed by atoms with Crippen LogP contribution < -0.4 is 5.63 Å². The molecule has 0 bridgehead atoms. The van der Waals surface area contributed by atoms with Gasteiger partial charge in [0.25, 0.3) is 5.78 Å². The fourth-order valence-corrected chi connectivity index (χ4v) is 3.67. The highest BCUT2D eigenvalue weighted by molar-refractivity contribution is 6.24. The molecule has 2 aliphatic carbocycles. The van der Waals surface area contributed by atoms with E-state index in [9.17, 15) is 9.59 Å². The first-order valence-electron chi connectivity index (χ1n) is 9.21. The van der Waals surface area contributed by atoms with Crippen molar-refractivity contribution in [2.24, 2.45) is 0 Å². The van der Waals surface area contributed by atoms with Crippen molar-refractivity contribution in [3.8, 4) is 11.3 Å².